The van der Waals surface area contributed by atoms with Crippen LogP contribution in [0.3, 0.4) is 0 Å². The zero-order valence-corrected chi connectivity index (χ0v) is 22.7. The molecular weight excluding hydrogens is 556 g/mol. The number of rotatable bonds is 9. The van der Waals surface area contributed by atoms with Gasteiger partial charge in [-0.2, -0.15) is 22.2 Å². The lowest BCUT2D eigenvalue weighted by Gasteiger charge is -2.37. The maximum Gasteiger partial charge on any atom is 0.351 e. The predicted molar refractivity (Wildman–Crippen MR) is 147 cm³/mol. The number of alkyl halides is 2. The molecule has 41 heavy (non-hydrogen) atoms. The Morgan fingerprint density at radius 1 is 0.927 bits per heavy atom. The Morgan fingerprint density at radius 3 is 1.85 bits per heavy atom. The van der Waals surface area contributed by atoms with E-state index in [1.54, 1.807) is 0 Å². The molecule has 1 aromatic heterocycles. The highest BCUT2D eigenvalue weighted by Crippen LogP contribution is 2.46. The Balaban J connectivity index is 1.61. The minimum Gasteiger partial charge on any atom is -0.383 e. The highest BCUT2D eigenvalue weighted by Gasteiger charge is 2.62. The molecule has 1 aliphatic heterocycles. The molecule has 2 heterocycles. The van der Waals surface area contributed by atoms with Crippen LogP contribution in [-0.2, 0) is 29.4 Å². The van der Waals surface area contributed by atoms with Gasteiger partial charge in [0, 0.05) is 6.20 Å². The monoisotopic (exact) mass is 583 g/mol. The number of nitrogen functional groups attached to an aromatic ring is 1. The summed E-state index contributed by atoms with van der Waals surface area (Å²) in [5.74, 6) is -4.15. The van der Waals surface area contributed by atoms with Crippen molar-refractivity contribution >= 4 is 15.9 Å². The fourth-order valence-electron chi connectivity index (χ4n) is 4.99. The molecule has 0 saturated carbocycles. The average molecular weight is 584 g/mol. The smallest absolute Gasteiger partial charge is 0.351 e. The van der Waals surface area contributed by atoms with Gasteiger partial charge in [0.25, 0.3) is 10.1 Å². The fraction of sp³-hybridized carbons (Fsp3) is 0.241. The number of nitrogens with zero attached hydrogens (tertiary/aromatic N) is 2. The van der Waals surface area contributed by atoms with E-state index in [0.717, 1.165) is 12.3 Å². The predicted octanol–water partition coefficient (Wildman–Crippen LogP) is 3.71. The summed E-state index contributed by atoms with van der Waals surface area (Å²) in [4.78, 5) is 15.9. The molecule has 1 saturated heterocycles. The zero-order valence-electron chi connectivity index (χ0n) is 21.8. The van der Waals surface area contributed by atoms with E-state index in [-0.39, 0.29) is 5.82 Å². The second-order valence-corrected chi connectivity index (χ2v) is 11.2. The van der Waals surface area contributed by atoms with Crippen LogP contribution >= 0.6 is 0 Å². The van der Waals surface area contributed by atoms with E-state index in [4.69, 9.17) is 19.4 Å². The first-order valence-electron chi connectivity index (χ1n) is 12.6. The molecule has 0 spiro atoms. The van der Waals surface area contributed by atoms with Gasteiger partial charge in [-0.1, -0.05) is 91.0 Å². The Labute approximate surface area is 235 Å². The normalized spacial score (nSPS) is 20.6. The lowest BCUT2D eigenvalue weighted by molar-refractivity contribution is -0.137. The molecule has 1 aliphatic rings. The summed E-state index contributed by atoms with van der Waals surface area (Å²) in [7, 11) is -4.38. The quantitative estimate of drug-likeness (QED) is 0.234. The van der Waals surface area contributed by atoms with Crippen LogP contribution in [0, 0.1) is 0 Å². The number of anilines is 1. The van der Waals surface area contributed by atoms with Gasteiger partial charge in [0.2, 0.25) is 6.23 Å². The van der Waals surface area contributed by atoms with Gasteiger partial charge in [0.1, 0.15) is 17.5 Å². The second-order valence-electron chi connectivity index (χ2n) is 9.55. The highest BCUT2D eigenvalue weighted by atomic mass is 32.2. The third-order valence-corrected chi connectivity index (χ3v) is 7.29. The summed E-state index contributed by atoms with van der Waals surface area (Å²) >= 11 is 0. The minimum atomic E-state index is -4.38. The molecule has 12 heteroatoms. The largest absolute Gasteiger partial charge is 0.383 e. The molecule has 1 fully saturated rings. The van der Waals surface area contributed by atoms with Gasteiger partial charge in [0.05, 0.1) is 12.9 Å². The van der Waals surface area contributed by atoms with Gasteiger partial charge in [-0.15, -0.1) is 0 Å². The van der Waals surface area contributed by atoms with Crippen LogP contribution in [0.2, 0.25) is 0 Å². The summed E-state index contributed by atoms with van der Waals surface area (Å²) in [6, 6.07) is 28.7. The second kappa shape index (κ2) is 11.1. The summed E-state index contributed by atoms with van der Waals surface area (Å²) in [5.41, 5.74) is 5.19. The van der Waals surface area contributed by atoms with Crippen molar-refractivity contribution < 1.29 is 30.9 Å². The van der Waals surface area contributed by atoms with Gasteiger partial charge in [-0.25, -0.2) is 4.79 Å². The number of benzene rings is 3. The van der Waals surface area contributed by atoms with Crippen molar-refractivity contribution in [1.82, 2.24) is 9.55 Å². The average Bonchev–Trinajstić information content (AvgIpc) is 3.19. The van der Waals surface area contributed by atoms with Crippen LogP contribution in [0.1, 0.15) is 22.9 Å². The van der Waals surface area contributed by atoms with Crippen molar-refractivity contribution in [2.45, 2.75) is 30.0 Å². The summed E-state index contributed by atoms with van der Waals surface area (Å²) in [6.07, 6.45) is -4.50. The van der Waals surface area contributed by atoms with E-state index in [1.807, 2.05) is 91.0 Å². The number of nitrogens with two attached hydrogens (primary N) is 1. The lowest BCUT2D eigenvalue weighted by atomic mass is 9.80. The van der Waals surface area contributed by atoms with E-state index in [1.165, 1.54) is 0 Å². The first-order valence-corrected chi connectivity index (χ1v) is 14.4. The first kappa shape index (κ1) is 28.6. The van der Waals surface area contributed by atoms with Crippen LogP contribution in [0.5, 0.6) is 0 Å². The van der Waals surface area contributed by atoms with Gasteiger partial charge in [-0.05, 0) is 22.8 Å². The number of ether oxygens (including phenoxy) is 2. The molecule has 0 radical (unpaired) electrons. The minimum absolute atomic E-state index is 0.172. The summed E-state index contributed by atoms with van der Waals surface area (Å²) in [6.45, 7) is -0.540. The molecule has 4 aromatic rings. The molecule has 2 N–H and O–H groups in total. The summed E-state index contributed by atoms with van der Waals surface area (Å²) < 4.78 is 73.5. The Bertz CT molecular complexity index is 1560. The van der Waals surface area contributed by atoms with Crippen molar-refractivity contribution in [3.8, 4) is 0 Å². The Morgan fingerprint density at radius 2 is 1.41 bits per heavy atom. The van der Waals surface area contributed by atoms with Crippen LogP contribution in [0.25, 0.3) is 0 Å². The van der Waals surface area contributed by atoms with Crippen molar-refractivity contribution in [2.75, 3.05) is 18.6 Å². The Hall–Kier alpha value is -3.97. The zero-order chi connectivity index (χ0) is 29.3. The summed E-state index contributed by atoms with van der Waals surface area (Å²) in [5, 5.41) is 0. The van der Waals surface area contributed by atoms with Crippen LogP contribution in [0.15, 0.2) is 108 Å². The van der Waals surface area contributed by atoms with E-state index in [9.17, 15) is 13.2 Å². The van der Waals surface area contributed by atoms with Crippen LogP contribution in [0.4, 0.5) is 14.6 Å². The molecule has 9 nitrogen and oxygen atoms in total. The Kier molecular flexibility index (Phi) is 7.75. The van der Waals surface area contributed by atoms with Crippen LogP contribution in [-0.4, -0.2) is 49.0 Å². The third kappa shape index (κ3) is 5.64. The molecule has 3 atom stereocenters. The van der Waals surface area contributed by atoms with E-state index < -0.39 is 52.4 Å². The lowest BCUT2D eigenvalue weighted by Crippen LogP contribution is -2.45. The number of hydrogen-bond donors (Lipinski definition) is 1. The molecule has 5 rings (SSSR count). The van der Waals surface area contributed by atoms with Gasteiger partial charge in [0.15, 0.2) is 6.10 Å². The maximum absolute atomic E-state index is 15.8. The molecule has 3 aromatic carbocycles. The van der Waals surface area contributed by atoms with Gasteiger partial charge >= 0.3 is 11.6 Å². The number of halogens is 2. The van der Waals surface area contributed by atoms with Crippen molar-refractivity contribution in [1.29, 1.82) is 0 Å². The van der Waals surface area contributed by atoms with Gasteiger partial charge < -0.3 is 15.2 Å². The number of hydrogen-bond acceptors (Lipinski definition) is 8. The molecule has 0 aliphatic carbocycles. The fourth-order valence-corrected chi connectivity index (χ4v) is 5.62. The third-order valence-electron chi connectivity index (χ3n) is 6.74. The van der Waals surface area contributed by atoms with E-state index in [0.29, 0.717) is 27.5 Å². The molecule has 0 unspecified atom stereocenters. The van der Waals surface area contributed by atoms with Crippen molar-refractivity contribution in [2.24, 2.45) is 0 Å². The van der Waals surface area contributed by atoms with Crippen LogP contribution < -0.4 is 11.4 Å². The molecule has 0 amide bonds. The SMILES string of the molecule is CS(=O)(=O)O[C@@H]1[C@@H](COC(c2ccccc2)(c2ccccc2)c2ccccc2)O[C@@H](n2ccc(N)nc2=O)C1(F)F. The van der Waals surface area contributed by atoms with Gasteiger partial charge in [-0.3, -0.25) is 8.75 Å². The topological polar surface area (TPSA) is 123 Å². The molecule has 214 valence electrons. The van der Waals surface area contributed by atoms with E-state index >= 15 is 8.78 Å². The first-order chi connectivity index (χ1) is 19.5. The standard InChI is InChI=1S/C29H27F2N3O6S/c1-41(36,37)40-25-23(39-26(29(25,30)31)34-18-17-24(32)33-27(34)35)19-38-28(20-11-5-2-6-12-20,21-13-7-3-8-14-21)22-15-9-4-10-16-22/h2-18,23,25-26H,19H2,1H3,(H2,32,33,35)/t23-,25-,26-/m1/s1. The van der Waals surface area contributed by atoms with Crippen molar-refractivity contribution in [3.05, 3.63) is 130 Å². The number of aromatic nitrogens is 2. The highest BCUT2D eigenvalue weighted by molar-refractivity contribution is 7.86. The van der Waals surface area contributed by atoms with E-state index in [2.05, 4.69) is 4.98 Å². The van der Waals surface area contributed by atoms with Crippen molar-refractivity contribution in [3.63, 3.8) is 0 Å². The maximum atomic E-state index is 15.8. The molecular formula is C29H27F2N3O6S. The molecule has 0 bridgehead atoms.